The van der Waals surface area contributed by atoms with E-state index in [0.29, 0.717) is 10.8 Å². The predicted octanol–water partition coefficient (Wildman–Crippen LogP) is 5.16. The molecule has 0 radical (unpaired) electrons. The monoisotopic (exact) mass is 370 g/mol. The van der Waals surface area contributed by atoms with Gasteiger partial charge in [-0.3, -0.25) is 4.79 Å². The van der Waals surface area contributed by atoms with Gasteiger partial charge in [-0.1, -0.05) is 65.9 Å². The number of rotatable bonds is 4. The Labute approximate surface area is 156 Å². The minimum absolute atomic E-state index is 0.121. The normalized spacial score (nSPS) is 16.4. The van der Waals surface area contributed by atoms with Gasteiger partial charge in [0.1, 0.15) is 5.78 Å². The molecule has 0 amide bonds. The first-order chi connectivity index (χ1) is 12.0. The number of hydrogen-bond donors (Lipinski definition) is 1. The second-order valence-electron chi connectivity index (χ2n) is 5.99. The summed E-state index contributed by atoms with van der Waals surface area (Å²) in [4.78, 5) is 18.8. The number of hydrogen-bond acceptors (Lipinski definition) is 3. The van der Waals surface area contributed by atoms with E-state index in [2.05, 4.69) is 47.0 Å². The lowest BCUT2D eigenvalue weighted by atomic mass is 9.96. The first-order valence-corrected chi connectivity index (χ1v) is 9.61. The number of aromatic nitrogens is 2. The number of carbonyl (C=O) groups excluding carboxylic acids is 1. The van der Waals surface area contributed by atoms with Crippen LogP contribution in [0.15, 0.2) is 41.1 Å². The molecule has 5 heteroatoms. The maximum Gasteiger partial charge on any atom is 0.166 e. The van der Waals surface area contributed by atoms with Gasteiger partial charge in [0, 0.05) is 11.5 Å². The van der Waals surface area contributed by atoms with Crippen LogP contribution in [0.1, 0.15) is 32.3 Å². The highest BCUT2D eigenvalue weighted by molar-refractivity contribution is 7.99. The van der Waals surface area contributed by atoms with Crippen LogP contribution in [-0.2, 0) is 4.79 Å². The molecule has 0 saturated carbocycles. The number of imidazole rings is 1. The van der Waals surface area contributed by atoms with Gasteiger partial charge in [-0.2, -0.15) is 0 Å². The number of nitrogens with zero attached hydrogens (tertiary/aromatic N) is 1. The van der Waals surface area contributed by atoms with E-state index in [1.165, 1.54) is 17.3 Å². The molecule has 0 fully saturated rings. The van der Waals surface area contributed by atoms with Crippen LogP contribution in [0.3, 0.4) is 0 Å². The molecule has 0 spiro atoms. The highest BCUT2D eigenvalue weighted by Gasteiger charge is 2.09. The lowest BCUT2D eigenvalue weighted by molar-refractivity contribution is -0.114. The maximum absolute atomic E-state index is 11.1. The number of aromatic amines is 1. The minimum Gasteiger partial charge on any atom is -0.333 e. The van der Waals surface area contributed by atoms with Crippen LogP contribution >= 0.6 is 23.4 Å². The fraction of sp³-hybridized carbons (Fsp3) is 0.300. The summed E-state index contributed by atoms with van der Waals surface area (Å²) >= 11 is 7.75. The third kappa shape index (κ3) is 4.56. The van der Waals surface area contributed by atoms with E-state index < -0.39 is 0 Å². The molecule has 1 unspecified atom stereocenters. The van der Waals surface area contributed by atoms with Crippen molar-refractivity contribution in [2.75, 3.05) is 5.75 Å². The molecular formula is C20H19ClN2OS. The van der Waals surface area contributed by atoms with Crippen molar-refractivity contribution < 1.29 is 4.79 Å². The molecular weight excluding hydrogens is 352 g/mol. The van der Waals surface area contributed by atoms with Crippen molar-refractivity contribution in [1.82, 2.24) is 9.97 Å². The summed E-state index contributed by atoms with van der Waals surface area (Å²) in [5, 5.41) is 1.32. The van der Waals surface area contributed by atoms with Crippen LogP contribution in [0.2, 0.25) is 5.02 Å². The van der Waals surface area contributed by atoms with Gasteiger partial charge in [0.15, 0.2) is 5.16 Å². The van der Waals surface area contributed by atoms with Gasteiger partial charge in [0.25, 0.3) is 0 Å². The molecule has 1 aliphatic carbocycles. The van der Waals surface area contributed by atoms with Crippen LogP contribution in [0.25, 0.3) is 11.0 Å². The Hall–Kier alpha value is -1.96. The lowest BCUT2D eigenvalue weighted by Gasteiger charge is -2.09. The van der Waals surface area contributed by atoms with Gasteiger partial charge in [-0.05, 0) is 31.9 Å². The van der Waals surface area contributed by atoms with Gasteiger partial charge in [0.2, 0.25) is 0 Å². The fourth-order valence-corrected chi connectivity index (χ4v) is 3.44. The average Bonchev–Trinajstić information content (AvgIpc) is 3.00. The lowest BCUT2D eigenvalue weighted by Crippen LogP contribution is -1.96. The van der Waals surface area contributed by atoms with Crippen molar-refractivity contribution in [3.05, 3.63) is 46.5 Å². The Balaban J connectivity index is 1.80. The molecule has 25 heavy (non-hydrogen) atoms. The first kappa shape index (κ1) is 17.8. The van der Waals surface area contributed by atoms with Crippen molar-refractivity contribution in [2.24, 2.45) is 5.92 Å². The molecule has 1 aromatic heterocycles. The van der Waals surface area contributed by atoms with Gasteiger partial charge in [-0.15, -0.1) is 0 Å². The number of fused-ring (bicyclic) bond motifs is 1. The Morgan fingerprint density at radius 3 is 3.00 bits per heavy atom. The zero-order chi connectivity index (χ0) is 17.8. The number of nitrogens with one attached hydrogen (secondary N) is 1. The SMILES string of the molecule is CCC1=CCC(C#Cc2cc3[nH]c(SCC(C)=O)nc3cc2Cl)C=C1. The van der Waals surface area contributed by atoms with Gasteiger partial charge < -0.3 is 4.98 Å². The number of carbonyl (C=O) groups is 1. The average molecular weight is 371 g/mol. The van der Waals surface area contributed by atoms with E-state index in [-0.39, 0.29) is 11.7 Å². The molecule has 0 aliphatic heterocycles. The van der Waals surface area contributed by atoms with E-state index in [0.717, 1.165) is 34.6 Å². The number of thioether (sulfide) groups is 1. The van der Waals surface area contributed by atoms with E-state index in [1.807, 2.05) is 12.1 Å². The second-order valence-corrected chi connectivity index (χ2v) is 7.36. The quantitative estimate of drug-likeness (QED) is 0.597. The van der Waals surface area contributed by atoms with E-state index in [1.54, 1.807) is 6.92 Å². The van der Waals surface area contributed by atoms with Crippen molar-refractivity contribution in [1.29, 1.82) is 0 Å². The minimum atomic E-state index is 0.121. The predicted molar refractivity (Wildman–Crippen MR) is 105 cm³/mol. The zero-order valence-corrected chi connectivity index (χ0v) is 15.8. The van der Waals surface area contributed by atoms with E-state index in [9.17, 15) is 4.79 Å². The highest BCUT2D eigenvalue weighted by atomic mass is 35.5. The zero-order valence-electron chi connectivity index (χ0n) is 14.2. The Kier molecular flexibility index (Phi) is 5.67. The molecule has 128 valence electrons. The van der Waals surface area contributed by atoms with Crippen LogP contribution < -0.4 is 0 Å². The molecule has 0 bridgehead atoms. The first-order valence-electron chi connectivity index (χ1n) is 8.25. The third-order valence-electron chi connectivity index (χ3n) is 3.94. The Bertz CT molecular complexity index is 930. The van der Waals surface area contributed by atoms with Crippen molar-refractivity contribution >= 4 is 40.2 Å². The van der Waals surface area contributed by atoms with Crippen LogP contribution in [0.4, 0.5) is 0 Å². The fourth-order valence-electron chi connectivity index (χ4n) is 2.55. The van der Waals surface area contributed by atoms with Crippen molar-refractivity contribution in [3.8, 4) is 11.8 Å². The molecule has 1 atom stereocenters. The third-order valence-corrected chi connectivity index (χ3v) is 5.27. The standard InChI is InChI=1S/C20H19ClN2OS/c1-3-14-4-6-15(7-5-14)8-9-16-10-18-19(11-17(16)21)23-20(22-18)25-12-13(2)24/h4-6,10-11,15H,3,7,12H2,1-2H3,(H,22,23). The summed E-state index contributed by atoms with van der Waals surface area (Å²) in [5.41, 5.74) is 3.83. The molecule has 1 aromatic carbocycles. The second kappa shape index (κ2) is 7.95. The van der Waals surface area contributed by atoms with Gasteiger partial charge in [0.05, 0.1) is 21.8 Å². The summed E-state index contributed by atoms with van der Waals surface area (Å²) in [6, 6.07) is 3.75. The van der Waals surface area contributed by atoms with Crippen LogP contribution in [-0.4, -0.2) is 21.5 Å². The van der Waals surface area contributed by atoms with E-state index >= 15 is 0 Å². The summed E-state index contributed by atoms with van der Waals surface area (Å²) in [5.74, 6) is 7.23. The number of Topliss-reactive ketones (excluding diaryl/α,β-unsaturated/α-hetero) is 1. The number of halogens is 1. The van der Waals surface area contributed by atoms with Crippen molar-refractivity contribution in [3.63, 3.8) is 0 Å². The van der Waals surface area contributed by atoms with Gasteiger partial charge >= 0.3 is 0 Å². The Morgan fingerprint density at radius 1 is 1.48 bits per heavy atom. The Morgan fingerprint density at radius 2 is 2.32 bits per heavy atom. The smallest absolute Gasteiger partial charge is 0.166 e. The molecule has 1 heterocycles. The van der Waals surface area contributed by atoms with Gasteiger partial charge in [-0.25, -0.2) is 4.98 Å². The van der Waals surface area contributed by atoms with E-state index in [4.69, 9.17) is 11.6 Å². The summed E-state index contributed by atoms with van der Waals surface area (Å²) in [6.45, 7) is 3.73. The number of benzene rings is 1. The largest absolute Gasteiger partial charge is 0.333 e. The van der Waals surface area contributed by atoms with Crippen molar-refractivity contribution in [2.45, 2.75) is 31.8 Å². The summed E-state index contributed by atoms with van der Waals surface area (Å²) in [7, 11) is 0. The number of H-pyrrole nitrogens is 1. The molecule has 3 rings (SSSR count). The maximum atomic E-state index is 11.1. The molecule has 3 nitrogen and oxygen atoms in total. The molecule has 0 saturated heterocycles. The van der Waals surface area contributed by atoms with Crippen LogP contribution in [0.5, 0.6) is 0 Å². The topological polar surface area (TPSA) is 45.8 Å². The summed E-state index contributed by atoms with van der Waals surface area (Å²) < 4.78 is 0. The molecule has 1 aliphatic rings. The summed E-state index contributed by atoms with van der Waals surface area (Å²) in [6.07, 6.45) is 8.56. The molecule has 2 aromatic rings. The number of allylic oxidation sites excluding steroid dienone is 4. The highest BCUT2D eigenvalue weighted by Crippen LogP contribution is 2.25. The number of ketones is 1. The van der Waals surface area contributed by atoms with Crippen LogP contribution in [0, 0.1) is 17.8 Å². The molecule has 1 N–H and O–H groups in total.